The van der Waals surface area contributed by atoms with Crippen LogP contribution < -0.4 is 11.1 Å². The lowest BCUT2D eigenvalue weighted by molar-refractivity contribution is 0.0477. The Morgan fingerprint density at radius 3 is 2.50 bits per heavy atom. The summed E-state index contributed by atoms with van der Waals surface area (Å²) in [5.41, 5.74) is 11.2. The van der Waals surface area contributed by atoms with Gasteiger partial charge in [-0.25, -0.2) is 19.7 Å². The van der Waals surface area contributed by atoms with E-state index in [1.54, 1.807) is 6.20 Å². The number of hydrogen-bond donors (Lipinski definition) is 2. The van der Waals surface area contributed by atoms with E-state index in [0.29, 0.717) is 5.82 Å². The minimum Gasteiger partial charge on any atom is -0.444 e. The summed E-state index contributed by atoms with van der Waals surface area (Å²) < 4.78 is 7.45. The molecule has 9 nitrogen and oxygen atoms in total. The second kappa shape index (κ2) is 10.4. The third kappa shape index (κ3) is 5.78. The van der Waals surface area contributed by atoms with Gasteiger partial charge in [-0.1, -0.05) is 12.1 Å². The molecule has 1 aromatic carbocycles. The minimum atomic E-state index is -0.486. The summed E-state index contributed by atoms with van der Waals surface area (Å²) >= 11 is 0. The third-order valence-electron chi connectivity index (χ3n) is 6.63. The molecule has 0 aliphatic carbocycles. The maximum Gasteiger partial charge on any atom is 0.407 e. The second-order valence-electron chi connectivity index (χ2n) is 10.9. The van der Waals surface area contributed by atoms with Crippen molar-refractivity contribution >= 4 is 23.1 Å². The van der Waals surface area contributed by atoms with Crippen LogP contribution in [-0.2, 0) is 11.3 Å². The summed E-state index contributed by atoms with van der Waals surface area (Å²) in [5, 5.41) is 3.01. The molecule has 1 aliphatic heterocycles. The number of nitrogens with zero attached hydrogens (tertiary/aromatic N) is 5. The van der Waals surface area contributed by atoms with Crippen molar-refractivity contribution in [3.63, 3.8) is 0 Å². The number of rotatable bonds is 5. The van der Waals surface area contributed by atoms with Crippen LogP contribution in [0.25, 0.3) is 28.2 Å². The van der Waals surface area contributed by atoms with Crippen LogP contribution in [0.2, 0.25) is 0 Å². The Morgan fingerprint density at radius 1 is 1.08 bits per heavy atom. The van der Waals surface area contributed by atoms with Crippen molar-refractivity contribution < 1.29 is 9.53 Å². The monoisotopic (exact) mass is 513 g/mol. The van der Waals surface area contributed by atoms with E-state index in [2.05, 4.69) is 39.5 Å². The second-order valence-corrected chi connectivity index (χ2v) is 10.9. The number of amides is 1. The standard InChI is InChI=1S/C29H35N7O2/c1-19-7-12-24-27(32-19)36(26(34-24)23-6-5-15-31-25(23)30)22-10-8-20(9-11-22)18-35-16-13-21(14-17-35)33-28(37)38-29(2,3)4/h5-12,15,21H,13-14,16-18H2,1-4H3,(H2,30,31)(H,33,37). The number of hydrogen-bond acceptors (Lipinski definition) is 7. The Kier molecular flexibility index (Phi) is 7.03. The number of carbonyl (C=O) groups is 1. The number of nitrogens with two attached hydrogens (primary N) is 1. The fraction of sp³-hybridized carbons (Fsp3) is 0.379. The molecule has 1 amide bonds. The normalized spacial score (nSPS) is 15.1. The van der Waals surface area contributed by atoms with Crippen LogP contribution in [0, 0.1) is 6.92 Å². The molecular weight excluding hydrogens is 478 g/mol. The maximum atomic E-state index is 12.1. The van der Waals surface area contributed by atoms with Crippen LogP contribution in [-0.4, -0.2) is 55.2 Å². The van der Waals surface area contributed by atoms with Crippen LogP contribution in [0.4, 0.5) is 10.6 Å². The number of nitrogen functional groups attached to an aromatic ring is 1. The first-order valence-electron chi connectivity index (χ1n) is 13.0. The van der Waals surface area contributed by atoms with Crippen LogP contribution >= 0.6 is 0 Å². The molecular formula is C29H35N7O2. The van der Waals surface area contributed by atoms with Gasteiger partial charge in [0.2, 0.25) is 0 Å². The highest BCUT2D eigenvalue weighted by molar-refractivity contribution is 5.82. The van der Waals surface area contributed by atoms with E-state index < -0.39 is 5.60 Å². The summed E-state index contributed by atoms with van der Waals surface area (Å²) in [7, 11) is 0. The number of benzene rings is 1. The van der Waals surface area contributed by atoms with Gasteiger partial charge in [-0.3, -0.25) is 9.47 Å². The van der Waals surface area contributed by atoms with Crippen LogP contribution in [0.1, 0.15) is 44.9 Å². The predicted molar refractivity (Wildman–Crippen MR) is 149 cm³/mol. The fourth-order valence-corrected chi connectivity index (χ4v) is 4.80. The van der Waals surface area contributed by atoms with Gasteiger partial charge in [-0.2, -0.15) is 0 Å². The van der Waals surface area contributed by atoms with Crippen molar-refractivity contribution in [1.29, 1.82) is 0 Å². The number of piperidine rings is 1. The molecule has 3 aromatic heterocycles. The summed E-state index contributed by atoms with van der Waals surface area (Å²) in [4.78, 5) is 28.4. The highest BCUT2D eigenvalue weighted by Gasteiger charge is 2.24. The number of fused-ring (bicyclic) bond motifs is 1. The van der Waals surface area contributed by atoms with Gasteiger partial charge < -0.3 is 15.8 Å². The van der Waals surface area contributed by atoms with Gasteiger partial charge in [-0.15, -0.1) is 0 Å². The maximum absolute atomic E-state index is 12.1. The molecule has 1 aliphatic rings. The molecule has 4 heterocycles. The number of aryl methyl sites for hydroxylation is 1. The first-order chi connectivity index (χ1) is 18.2. The van der Waals surface area contributed by atoms with E-state index >= 15 is 0 Å². The SMILES string of the molecule is Cc1ccc2nc(-c3cccnc3N)n(-c3ccc(CN4CCC(NC(=O)OC(C)(C)C)CC4)cc3)c2n1. The Labute approximate surface area is 223 Å². The molecule has 0 unspecified atom stereocenters. The molecule has 5 rings (SSSR count). The summed E-state index contributed by atoms with van der Waals surface area (Å²) in [5.74, 6) is 1.15. The van der Waals surface area contributed by atoms with Crippen LogP contribution in [0.3, 0.4) is 0 Å². The van der Waals surface area contributed by atoms with E-state index in [4.69, 9.17) is 20.4 Å². The number of likely N-dealkylation sites (tertiary alicyclic amines) is 1. The molecule has 0 bridgehead atoms. The van der Waals surface area contributed by atoms with Gasteiger partial charge in [0, 0.05) is 43.3 Å². The number of aromatic nitrogens is 4. The number of carbonyl (C=O) groups excluding carboxylic acids is 1. The molecule has 4 aromatic rings. The molecule has 0 spiro atoms. The quantitative estimate of drug-likeness (QED) is 0.392. The van der Waals surface area contributed by atoms with E-state index in [0.717, 1.165) is 66.4 Å². The number of nitrogens with one attached hydrogen (secondary N) is 1. The molecule has 3 N–H and O–H groups in total. The van der Waals surface area contributed by atoms with Gasteiger partial charge in [0.15, 0.2) is 11.5 Å². The van der Waals surface area contributed by atoms with Crippen LogP contribution in [0.5, 0.6) is 0 Å². The lowest BCUT2D eigenvalue weighted by Gasteiger charge is -2.32. The van der Waals surface area contributed by atoms with Gasteiger partial charge in [0.1, 0.15) is 16.9 Å². The number of alkyl carbamates (subject to hydrolysis) is 1. The largest absolute Gasteiger partial charge is 0.444 e. The average Bonchev–Trinajstić information content (AvgIpc) is 3.23. The molecule has 1 fully saturated rings. The summed E-state index contributed by atoms with van der Waals surface area (Å²) in [6.45, 7) is 10.3. The lowest BCUT2D eigenvalue weighted by Crippen LogP contribution is -2.45. The lowest BCUT2D eigenvalue weighted by atomic mass is 10.0. The molecule has 1 saturated heterocycles. The Bertz CT molecular complexity index is 1430. The summed E-state index contributed by atoms with van der Waals surface area (Å²) in [6, 6.07) is 16.4. The van der Waals surface area contributed by atoms with E-state index in [1.165, 1.54) is 5.56 Å². The molecule has 0 radical (unpaired) electrons. The van der Waals surface area contributed by atoms with Gasteiger partial charge in [0.05, 0.1) is 5.56 Å². The van der Waals surface area contributed by atoms with E-state index in [9.17, 15) is 4.79 Å². The molecule has 0 atom stereocenters. The van der Waals surface area contributed by atoms with Gasteiger partial charge in [-0.05, 0) is 82.5 Å². The van der Waals surface area contributed by atoms with Gasteiger partial charge >= 0.3 is 6.09 Å². The number of pyridine rings is 2. The highest BCUT2D eigenvalue weighted by Crippen LogP contribution is 2.30. The molecule has 9 heteroatoms. The Balaban J connectivity index is 1.31. The van der Waals surface area contributed by atoms with Crippen LogP contribution in [0.15, 0.2) is 54.7 Å². The molecule has 198 valence electrons. The Morgan fingerprint density at radius 2 is 1.82 bits per heavy atom. The van der Waals surface area contributed by atoms with Gasteiger partial charge in [0.25, 0.3) is 0 Å². The minimum absolute atomic E-state index is 0.146. The zero-order valence-electron chi connectivity index (χ0n) is 22.4. The molecule has 38 heavy (non-hydrogen) atoms. The van der Waals surface area contributed by atoms with Crippen molar-refractivity contribution in [2.75, 3.05) is 18.8 Å². The predicted octanol–water partition coefficient (Wildman–Crippen LogP) is 4.86. The Hall–Kier alpha value is -3.98. The fourth-order valence-electron chi connectivity index (χ4n) is 4.80. The average molecular weight is 514 g/mol. The number of ether oxygens (including phenoxy) is 1. The third-order valence-corrected chi connectivity index (χ3v) is 6.63. The van der Waals surface area contributed by atoms with Crippen molar-refractivity contribution in [2.45, 2.75) is 58.7 Å². The topological polar surface area (TPSA) is 111 Å². The number of anilines is 1. The van der Waals surface area contributed by atoms with E-state index in [1.807, 2.05) is 56.5 Å². The van der Waals surface area contributed by atoms with Crippen molar-refractivity contribution in [3.8, 4) is 17.1 Å². The number of imidazole rings is 1. The van der Waals surface area contributed by atoms with E-state index in [-0.39, 0.29) is 12.1 Å². The smallest absolute Gasteiger partial charge is 0.407 e. The first-order valence-corrected chi connectivity index (χ1v) is 13.0. The first kappa shape index (κ1) is 25.7. The van der Waals surface area contributed by atoms with Crippen molar-refractivity contribution in [3.05, 3.63) is 66.0 Å². The van der Waals surface area contributed by atoms with Crippen molar-refractivity contribution in [2.24, 2.45) is 0 Å². The summed E-state index contributed by atoms with van der Waals surface area (Å²) in [6.07, 6.45) is 3.15. The highest BCUT2D eigenvalue weighted by atomic mass is 16.6. The zero-order chi connectivity index (χ0) is 26.9. The molecule has 0 saturated carbocycles. The zero-order valence-corrected chi connectivity index (χ0v) is 22.4. The van der Waals surface area contributed by atoms with Crippen molar-refractivity contribution in [1.82, 2.24) is 29.7 Å².